The Bertz CT molecular complexity index is 399. The summed E-state index contributed by atoms with van der Waals surface area (Å²) in [6.45, 7) is 6.94. The second-order valence-corrected chi connectivity index (χ2v) is 5.76. The molecule has 1 rings (SSSR count). The Morgan fingerprint density at radius 1 is 1.41 bits per heavy atom. The van der Waals surface area contributed by atoms with E-state index in [9.17, 15) is 4.39 Å². The van der Waals surface area contributed by atoms with Crippen LogP contribution in [0.4, 0.5) is 4.39 Å². The van der Waals surface area contributed by atoms with Gasteiger partial charge in [-0.25, -0.2) is 4.39 Å². The lowest BCUT2D eigenvalue weighted by molar-refractivity contribution is 0.263. The summed E-state index contributed by atoms with van der Waals surface area (Å²) < 4.78 is 13.4. The highest BCUT2D eigenvalue weighted by Crippen LogP contribution is 2.21. The molecular formula is C13H20ClFN2. The predicted octanol–water partition coefficient (Wildman–Crippen LogP) is 2.96. The Morgan fingerprint density at radius 2 is 2.00 bits per heavy atom. The molecule has 0 bridgehead atoms. The third kappa shape index (κ3) is 4.62. The van der Waals surface area contributed by atoms with Crippen molar-refractivity contribution in [3.8, 4) is 0 Å². The zero-order valence-electron chi connectivity index (χ0n) is 10.8. The number of hydrogen-bond donors (Lipinski definition) is 1. The molecule has 96 valence electrons. The van der Waals surface area contributed by atoms with Crippen LogP contribution in [0, 0.1) is 12.7 Å². The average Bonchev–Trinajstić information content (AvgIpc) is 2.11. The zero-order chi connectivity index (χ0) is 13.2. The molecular weight excluding hydrogens is 239 g/mol. The van der Waals surface area contributed by atoms with E-state index in [0.717, 1.165) is 12.1 Å². The first-order chi connectivity index (χ1) is 7.69. The molecule has 0 heterocycles. The van der Waals surface area contributed by atoms with E-state index < -0.39 is 0 Å². The zero-order valence-corrected chi connectivity index (χ0v) is 11.6. The van der Waals surface area contributed by atoms with E-state index in [2.05, 4.69) is 0 Å². The standard InChI is InChI=1S/C13H20ClFN2/c1-9-5-11(14)10(6-12(9)15)7-17(4)8-13(2,3)16/h5-6H,7-8,16H2,1-4H3. The van der Waals surface area contributed by atoms with Gasteiger partial charge in [0.25, 0.3) is 0 Å². The van der Waals surface area contributed by atoms with Gasteiger partial charge in [-0.15, -0.1) is 0 Å². The van der Waals surface area contributed by atoms with Crippen LogP contribution >= 0.6 is 11.6 Å². The van der Waals surface area contributed by atoms with E-state index in [1.807, 2.05) is 25.8 Å². The van der Waals surface area contributed by atoms with Crippen LogP contribution in [0.15, 0.2) is 12.1 Å². The second kappa shape index (κ2) is 5.34. The quantitative estimate of drug-likeness (QED) is 0.900. The lowest BCUT2D eigenvalue weighted by atomic mass is 10.1. The molecule has 0 amide bonds. The lowest BCUT2D eigenvalue weighted by Crippen LogP contribution is -2.43. The SMILES string of the molecule is Cc1cc(Cl)c(CN(C)CC(C)(C)N)cc1F. The third-order valence-corrected chi connectivity index (χ3v) is 2.80. The highest BCUT2D eigenvalue weighted by molar-refractivity contribution is 6.31. The van der Waals surface area contributed by atoms with Crippen LogP contribution in [0.1, 0.15) is 25.0 Å². The minimum absolute atomic E-state index is 0.218. The molecule has 0 spiro atoms. The monoisotopic (exact) mass is 258 g/mol. The van der Waals surface area contributed by atoms with Crippen LogP contribution in [0.3, 0.4) is 0 Å². The highest BCUT2D eigenvalue weighted by atomic mass is 35.5. The number of nitrogens with two attached hydrogens (primary N) is 1. The van der Waals surface area contributed by atoms with Crippen molar-refractivity contribution in [2.24, 2.45) is 5.73 Å². The molecule has 0 aliphatic rings. The van der Waals surface area contributed by atoms with Gasteiger partial charge in [-0.3, -0.25) is 0 Å². The summed E-state index contributed by atoms with van der Waals surface area (Å²) in [5, 5.41) is 0.602. The van der Waals surface area contributed by atoms with Gasteiger partial charge in [0.1, 0.15) is 5.82 Å². The number of rotatable bonds is 4. The largest absolute Gasteiger partial charge is 0.324 e. The molecule has 0 unspecified atom stereocenters. The van der Waals surface area contributed by atoms with Gasteiger partial charge < -0.3 is 10.6 Å². The molecule has 0 atom stereocenters. The minimum Gasteiger partial charge on any atom is -0.324 e. The molecule has 0 aromatic heterocycles. The van der Waals surface area contributed by atoms with Crippen molar-refractivity contribution in [3.05, 3.63) is 34.1 Å². The van der Waals surface area contributed by atoms with Gasteiger partial charge in [0, 0.05) is 23.7 Å². The fraction of sp³-hybridized carbons (Fsp3) is 0.538. The highest BCUT2D eigenvalue weighted by Gasteiger charge is 2.15. The number of nitrogens with zero attached hydrogens (tertiary/aromatic N) is 1. The predicted molar refractivity (Wildman–Crippen MR) is 70.7 cm³/mol. The smallest absolute Gasteiger partial charge is 0.126 e. The van der Waals surface area contributed by atoms with E-state index in [0.29, 0.717) is 17.1 Å². The van der Waals surface area contributed by atoms with Crippen molar-refractivity contribution in [1.82, 2.24) is 4.90 Å². The maximum atomic E-state index is 13.4. The molecule has 0 saturated carbocycles. The van der Waals surface area contributed by atoms with Gasteiger partial charge in [0.05, 0.1) is 0 Å². The Hall–Kier alpha value is -0.640. The molecule has 2 nitrogen and oxygen atoms in total. The van der Waals surface area contributed by atoms with E-state index in [-0.39, 0.29) is 11.4 Å². The Labute approximate surface area is 108 Å². The number of likely N-dealkylation sites (N-methyl/N-ethyl adjacent to an activating group) is 1. The number of aryl methyl sites for hydroxylation is 1. The van der Waals surface area contributed by atoms with E-state index in [1.165, 1.54) is 6.07 Å². The Morgan fingerprint density at radius 3 is 2.53 bits per heavy atom. The van der Waals surface area contributed by atoms with Gasteiger partial charge in [-0.2, -0.15) is 0 Å². The van der Waals surface area contributed by atoms with Crippen LogP contribution in [-0.4, -0.2) is 24.0 Å². The van der Waals surface area contributed by atoms with Gasteiger partial charge in [-0.1, -0.05) is 11.6 Å². The molecule has 0 fully saturated rings. The summed E-state index contributed by atoms with van der Waals surface area (Å²) in [7, 11) is 1.95. The Balaban J connectivity index is 2.78. The minimum atomic E-state index is -0.273. The first-order valence-electron chi connectivity index (χ1n) is 5.61. The van der Waals surface area contributed by atoms with Crippen LogP contribution in [0.5, 0.6) is 0 Å². The number of halogens is 2. The fourth-order valence-corrected chi connectivity index (χ4v) is 2.13. The first kappa shape index (κ1) is 14.4. The van der Waals surface area contributed by atoms with Gasteiger partial charge in [-0.05, 0) is 51.1 Å². The van der Waals surface area contributed by atoms with Crippen LogP contribution < -0.4 is 5.73 Å². The second-order valence-electron chi connectivity index (χ2n) is 5.35. The summed E-state index contributed by atoms with van der Waals surface area (Å²) in [6, 6.07) is 3.16. The third-order valence-electron chi connectivity index (χ3n) is 2.45. The molecule has 0 saturated heterocycles. The van der Waals surface area contributed by atoms with Crippen molar-refractivity contribution >= 4 is 11.6 Å². The topological polar surface area (TPSA) is 29.3 Å². The molecule has 1 aromatic carbocycles. The molecule has 0 aliphatic heterocycles. The lowest BCUT2D eigenvalue weighted by Gasteiger charge is -2.26. The van der Waals surface area contributed by atoms with Gasteiger partial charge >= 0.3 is 0 Å². The number of benzene rings is 1. The summed E-state index contributed by atoms with van der Waals surface area (Å²) in [6.07, 6.45) is 0. The number of hydrogen-bond acceptors (Lipinski definition) is 2. The molecule has 17 heavy (non-hydrogen) atoms. The van der Waals surface area contributed by atoms with Crippen LogP contribution in [0.2, 0.25) is 5.02 Å². The van der Waals surface area contributed by atoms with Crippen LogP contribution in [-0.2, 0) is 6.54 Å². The van der Waals surface area contributed by atoms with E-state index in [4.69, 9.17) is 17.3 Å². The normalized spacial score (nSPS) is 12.2. The van der Waals surface area contributed by atoms with Crippen molar-refractivity contribution in [2.45, 2.75) is 32.9 Å². The molecule has 4 heteroatoms. The van der Waals surface area contributed by atoms with Crippen molar-refractivity contribution < 1.29 is 4.39 Å². The summed E-state index contributed by atoms with van der Waals surface area (Å²) >= 11 is 6.09. The maximum Gasteiger partial charge on any atom is 0.126 e. The molecule has 2 N–H and O–H groups in total. The summed E-state index contributed by atoms with van der Waals surface area (Å²) in [4.78, 5) is 2.04. The average molecular weight is 259 g/mol. The van der Waals surface area contributed by atoms with Crippen LogP contribution in [0.25, 0.3) is 0 Å². The van der Waals surface area contributed by atoms with Crippen molar-refractivity contribution in [3.63, 3.8) is 0 Å². The summed E-state index contributed by atoms with van der Waals surface area (Å²) in [5.74, 6) is -0.218. The van der Waals surface area contributed by atoms with E-state index >= 15 is 0 Å². The van der Waals surface area contributed by atoms with Gasteiger partial charge in [0.15, 0.2) is 0 Å². The fourth-order valence-electron chi connectivity index (χ4n) is 1.85. The van der Waals surface area contributed by atoms with Crippen molar-refractivity contribution in [2.75, 3.05) is 13.6 Å². The van der Waals surface area contributed by atoms with Gasteiger partial charge in [0.2, 0.25) is 0 Å². The molecule has 1 aromatic rings. The summed E-state index contributed by atoms with van der Waals surface area (Å²) in [5.41, 5.74) is 7.02. The van der Waals surface area contributed by atoms with Crippen molar-refractivity contribution in [1.29, 1.82) is 0 Å². The molecule has 0 radical (unpaired) electrons. The first-order valence-corrected chi connectivity index (χ1v) is 5.99. The van der Waals surface area contributed by atoms with E-state index in [1.54, 1.807) is 13.0 Å². The maximum absolute atomic E-state index is 13.4. The molecule has 0 aliphatic carbocycles. The Kier molecular flexibility index (Phi) is 4.53.